The highest BCUT2D eigenvalue weighted by Gasteiger charge is 2.26. The van der Waals surface area contributed by atoms with E-state index in [0.29, 0.717) is 14.8 Å². The first kappa shape index (κ1) is 17.4. The van der Waals surface area contributed by atoms with Crippen LogP contribution in [-0.4, -0.2) is 35.3 Å². The summed E-state index contributed by atoms with van der Waals surface area (Å²) in [6.07, 6.45) is 1.06. The van der Waals surface area contributed by atoms with Crippen LogP contribution >= 0.6 is 39.5 Å². The van der Waals surface area contributed by atoms with Crippen molar-refractivity contribution in [2.75, 3.05) is 17.5 Å². The van der Waals surface area contributed by atoms with E-state index >= 15 is 0 Å². The highest BCUT2D eigenvalue weighted by atomic mass is 79.9. The summed E-state index contributed by atoms with van der Waals surface area (Å²) in [6.45, 7) is 0. The summed E-state index contributed by atoms with van der Waals surface area (Å²) in [5, 5.41) is 8.51. The van der Waals surface area contributed by atoms with Crippen LogP contribution in [0.15, 0.2) is 34.8 Å². The number of hydrazine groups is 1. The smallest absolute Gasteiger partial charge is 0.335 e. The summed E-state index contributed by atoms with van der Waals surface area (Å²) in [7, 11) is 1.24. The maximum atomic E-state index is 12.0. The second kappa shape index (κ2) is 8.02. The number of ether oxygens (including phenoxy) is 1. The molecule has 0 unspecified atom stereocenters. The van der Waals surface area contributed by atoms with Gasteiger partial charge in [-0.3, -0.25) is 15.5 Å². The molecule has 0 aliphatic heterocycles. The molecule has 0 spiro atoms. The Morgan fingerprint density at radius 3 is 2.78 bits per heavy atom. The van der Waals surface area contributed by atoms with E-state index in [-0.39, 0.29) is 0 Å². The Morgan fingerprint density at radius 1 is 1.57 bits per heavy atom. The molecule has 1 atom stereocenters. The van der Waals surface area contributed by atoms with Crippen LogP contribution in [0.25, 0.3) is 0 Å². The highest BCUT2D eigenvalue weighted by Crippen LogP contribution is 2.23. The van der Waals surface area contributed by atoms with Gasteiger partial charge in [-0.15, -0.1) is 5.10 Å². The Balaban J connectivity index is 2.43. The number of aromatic amines is 1. The van der Waals surface area contributed by atoms with Gasteiger partial charge in [0.25, 0.3) is 0 Å². The second-order valence-electron chi connectivity index (χ2n) is 4.13. The molecular formula is C13H11BrN4O3S2. The third-order valence-electron chi connectivity index (χ3n) is 2.71. The first-order chi connectivity index (χ1) is 11.0. The number of methoxy groups -OCH3 is 1. The number of nitrogens with zero attached hydrogens (tertiary/aromatic N) is 2. The minimum atomic E-state index is -1.02. The van der Waals surface area contributed by atoms with Crippen molar-refractivity contribution in [1.29, 1.82) is 0 Å². The highest BCUT2D eigenvalue weighted by molar-refractivity contribution is 9.10. The molecule has 0 amide bonds. The zero-order valence-corrected chi connectivity index (χ0v) is 15.0. The molecule has 0 bridgehead atoms. The lowest BCUT2D eigenvalue weighted by atomic mass is 10.2. The van der Waals surface area contributed by atoms with Crippen LogP contribution in [0.5, 0.6) is 0 Å². The van der Waals surface area contributed by atoms with Crippen LogP contribution in [-0.2, 0) is 14.3 Å². The van der Waals surface area contributed by atoms with Crippen molar-refractivity contribution < 1.29 is 14.3 Å². The molecule has 0 radical (unpaired) electrons. The van der Waals surface area contributed by atoms with Crippen LogP contribution in [0, 0.1) is 3.95 Å². The van der Waals surface area contributed by atoms with Gasteiger partial charge in [-0.2, -0.15) is 0 Å². The maximum absolute atomic E-state index is 12.0. The molecule has 0 saturated carbocycles. The number of hydrogen-bond acceptors (Lipinski definition) is 8. The van der Waals surface area contributed by atoms with Crippen molar-refractivity contribution in [3.8, 4) is 0 Å². The van der Waals surface area contributed by atoms with E-state index in [1.165, 1.54) is 23.5 Å². The number of benzene rings is 1. The lowest BCUT2D eigenvalue weighted by Gasteiger charge is -2.29. The predicted molar refractivity (Wildman–Crippen MR) is 93.6 cm³/mol. The number of carbonyl (C=O) groups is 1. The largest absolute Gasteiger partial charge is 0.467 e. The van der Waals surface area contributed by atoms with Crippen LogP contribution in [0.1, 0.15) is 0 Å². The van der Waals surface area contributed by atoms with Gasteiger partial charge in [0.15, 0.2) is 10.00 Å². The summed E-state index contributed by atoms with van der Waals surface area (Å²) < 4.78 is 6.10. The zero-order valence-electron chi connectivity index (χ0n) is 11.8. The molecule has 1 aromatic heterocycles. The average molecular weight is 415 g/mol. The SMILES string of the molecule is COC(=O)[C@H](C=C=O)N(Nc1n[nH]c(=S)s1)c1ccc(Br)cc1. The fourth-order valence-electron chi connectivity index (χ4n) is 1.71. The lowest BCUT2D eigenvalue weighted by Crippen LogP contribution is -2.44. The van der Waals surface area contributed by atoms with Crippen molar-refractivity contribution in [3.63, 3.8) is 0 Å². The van der Waals surface area contributed by atoms with Gasteiger partial charge < -0.3 is 4.74 Å². The number of anilines is 2. The molecule has 0 saturated heterocycles. The van der Waals surface area contributed by atoms with Crippen molar-refractivity contribution in [2.24, 2.45) is 0 Å². The van der Waals surface area contributed by atoms with E-state index < -0.39 is 12.0 Å². The normalized spacial score (nSPS) is 11.2. The maximum Gasteiger partial charge on any atom is 0.335 e. The van der Waals surface area contributed by atoms with Gasteiger partial charge in [0.1, 0.15) is 5.94 Å². The zero-order chi connectivity index (χ0) is 16.8. The Bertz CT molecular complexity index is 783. The van der Waals surface area contributed by atoms with E-state index in [9.17, 15) is 9.59 Å². The molecule has 1 aromatic carbocycles. The van der Waals surface area contributed by atoms with Gasteiger partial charge in [-0.1, -0.05) is 27.3 Å². The Morgan fingerprint density at radius 2 is 2.26 bits per heavy atom. The number of esters is 1. The predicted octanol–water partition coefficient (Wildman–Crippen LogP) is 2.73. The van der Waals surface area contributed by atoms with Gasteiger partial charge in [0.05, 0.1) is 12.8 Å². The third kappa shape index (κ3) is 4.49. The summed E-state index contributed by atoms with van der Waals surface area (Å²) >= 11 is 9.52. The van der Waals surface area contributed by atoms with Gasteiger partial charge in [-0.25, -0.2) is 9.59 Å². The van der Waals surface area contributed by atoms with Crippen LogP contribution < -0.4 is 10.4 Å². The van der Waals surface area contributed by atoms with Crippen LogP contribution in [0.3, 0.4) is 0 Å². The Hall–Kier alpha value is -2.00. The van der Waals surface area contributed by atoms with E-state index in [1.54, 1.807) is 30.2 Å². The quantitative estimate of drug-likeness (QED) is 0.325. The number of carbonyl (C=O) groups excluding carboxylic acids is 2. The first-order valence-corrected chi connectivity index (χ1v) is 8.22. The molecule has 2 rings (SSSR count). The number of H-pyrrole nitrogens is 1. The monoisotopic (exact) mass is 414 g/mol. The molecule has 2 N–H and O–H groups in total. The Labute approximate surface area is 149 Å². The van der Waals surface area contributed by atoms with Gasteiger partial charge in [0.2, 0.25) is 5.13 Å². The number of aromatic nitrogens is 2. The molecule has 23 heavy (non-hydrogen) atoms. The average Bonchev–Trinajstić information content (AvgIpc) is 2.96. The van der Waals surface area contributed by atoms with Crippen LogP contribution in [0.2, 0.25) is 0 Å². The van der Waals surface area contributed by atoms with Crippen molar-refractivity contribution in [3.05, 3.63) is 38.8 Å². The fourth-order valence-corrected chi connectivity index (χ4v) is 2.76. The molecule has 1 heterocycles. The Kier molecular flexibility index (Phi) is 6.05. The topological polar surface area (TPSA) is 87.3 Å². The molecule has 0 fully saturated rings. The first-order valence-electron chi connectivity index (χ1n) is 6.21. The molecule has 0 aliphatic carbocycles. The van der Waals surface area contributed by atoms with Crippen molar-refractivity contribution in [1.82, 2.24) is 10.2 Å². The van der Waals surface area contributed by atoms with E-state index in [0.717, 1.165) is 10.5 Å². The van der Waals surface area contributed by atoms with E-state index in [4.69, 9.17) is 17.0 Å². The molecule has 120 valence electrons. The minimum absolute atomic E-state index is 0.436. The standard InChI is InChI=1S/C13H11BrN4O3S2/c1-21-11(20)10(6-7-19)18(9-4-2-8(14)3-5-9)17-12-15-16-13(22)23-12/h2-6,10H,1H3,(H,15,17)(H,16,22)/t10-/m0/s1. The summed E-state index contributed by atoms with van der Waals surface area (Å²) in [5.41, 5.74) is 3.57. The third-order valence-corrected chi connectivity index (χ3v) is 4.23. The minimum Gasteiger partial charge on any atom is -0.467 e. The lowest BCUT2D eigenvalue weighted by molar-refractivity contribution is -0.140. The number of hydrogen-bond donors (Lipinski definition) is 2. The molecule has 7 nitrogen and oxygen atoms in total. The summed E-state index contributed by atoms with van der Waals surface area (Å²) in [4.78, 5) is 22.8. The molecule has 0 aliphatic rings. The second-order valence-corrected chi connectivity index (χ2v) is 6.71. The van der Waals surface area contributed by atoms with Crippen molar-refractivity contribution in [2.45, 2.75) is 6.04 Å². The number of rotatable bonds is 6. The van der Waals surface area contributed by atoms with Crippen molar-refractivity contribution >= 4 is 62.2 Å². The molecule has 2 aromatic rings. The summed E-state index contributed by atoms with van der Waals surface area (Å²) in [6, 6.07) is 6.11. The van der Waals surface area contributed by atoms with Gasteiger partial charge in [0, 0.05) is 10.5 Å². The summed E-state index contributed by atoms with van der Waals surface area (Å²) in [5.74, 6) is 1.00. The van der Waals surface area contributed by atoms with Gasteiger partial charge in [-0.05, 0) is 36.5 Å². The molecular weight excluding hydrogens is 404 g/mol. The number of nitrogens with one attached hydrogen (secondary N) is 2. The number of halogens is 1. The van der Waals surface area contributed by atoms with E-state index in [1.807, 2.05) is 0 Å². The van der Waals surface area contributed by atoms with Gasteiger partial charge >= 0.3 is 5.97 Å². The molecule has 10 heteroatoms. The fraction of sp³-hybridized carbons (Fsp3) is 0.154. The van der Waals surface area contributed by atoms with E-state index in [2.05, 4.69) is 31.6 Å². The van der Waals surface area contributed by atoms with Crippen LogP contribution in [0.4, 0.5) is 10.8 Å².